The number of hydrogen-bond donors (Lipinski definition) is 0. The molecule has 0 bridgehead atoms. The highest BCUT2D eigenvalue weighted by Gasteiger charge is 2.26. The van der Waals surface area contributed by atoms with Crippen molar-refractivity contribution in [2.75, 3.05) is 14.1 Å². The van der Waals surface area contributed by atoms with Crippen molar-refractivity contribution in [2.24, 2.45) is 0 Å². The molecule has 2 aromatic heterocycles. The number of rotatable bonds is 5. The second-order valence-corrected chi connectivity index (χ2v) is 8.82. The molecular weight excluding hydrogens is 370 g/mol. The molecule has 146 valence electrons. The standard InChI is InChI=1S/C22H25N3O2S/c1-14(20(26)15-9-5-4-6-10-15)25-18(13-24(2)3)23-21-19(22(25)27)16-11-7-8-12-17(16)28-21/h4-6,9-10,14H,7-8,11-13H2,1-3H3. The van der Waals surface area contributed by atoms with Crippen LogP contribution in [0.25, 0.3) is 10.2 Å². The summed E-state index contributed by atoms with van der Waals surface area (Å²) in [6, 6.07) is 8.58. The van der Waals surface area contributed by atoms with Gasteiger partial charge in [-0.15, -0.1) is 11.3 Å². The number of nitrogens with zero attached hydrogens (tertiary/aromatic N) is 3. The Morgan fingerprint density at radius 2 is 1.93 bits per heavy atom. The van der Waals surface area contributed by atoms with E-state index in [2.05, 4.69) is 0 Å². The van der Waals surface area contributed by atoms with E-state index >= 15 is 0 Å². The van der Waals surface area contributed by atoms with Gasteiger partial charge >= 0.3 is 0 Å². The van der Waals surface area contributed by atoms with Gasteiger partial charge in [-0.05, 0) is 52.3 Å². The molecule has 3 aromatic rings. The Hall–Kier alpha value is -2.31. The number of Topliss-reactive ketones (excluding diaryl/α,β-unsaturated/α-hetero) is 1. The molecular formula is C22H25N3O2S. The SMILES string of the molecule is CC(C(=O)c1ccccc1)n1c(CN(C)C)nc2sc3c(c2c1=O)CCCC3. The molecule has 0 spiro atoms. The maximum Gasteiger partial charge on any atom is 0.263 e. The summed E-state index contributed by atoms with van der Waals surface area (Å²) in [5.74, 6) is 0.589. The van der Waals surface area contributed by atoms with E-state index in [4.69, 9.17) is 4.98 Å². The van der Waals surface area contributed by atoms with Gasteiger partial charge in [-0.25, -0.2) is 4.98 Å². The quantitative estimate of drug-likeness (QED) is 0.616. The van der Waals surface area contributed by atoms with Crippen molar-refractivity contribution in [3.8, 4) is 0 Å². The van der Waals surface area contributed by atoms with Crippen LogP contribution in [0.15, 0.2) is 35.1 Å². The van der Waals surface area contributed by atoms with E-state index in [-0.39, 0.29) is 11.3 Å². The third-order valence-electron chi connectivity index (χ3n) is 5.38. The zero-order valence-electron chi connectivity index (χ0n) is 16.6. The van der Waals surface area contributed by atoms with Crippen molar-refractivity contribution >= 4 is 27.3 Å². The predicted octanol–water partition coefficient (Wildman–Crippen LogP) is 3.84. The van der Waals surface area contributed by atoms with Gasteiger partial charge in [0.25, 0.3) is 5.56 Å². The topological polar surface area (TPSA) is 55.2 Å². The average Bonchev–Trinajstić information content (AvgIpc) is 3.06. The van der Waals surface area contributed by atoms with E-state index in [9.17, 15) is 9.59 Å². The predicted molar refractivity (Wildman–Crippen MR) is 113 cm³/mol. The van der Waals surface area contributed by atoms with Gasteiger partial charge in [0.2, 0.25) is 0 Å². The minimum absolute atomic E-state index is 0.0621. The number of thiophene rings is 1. The summed E-state index contributed by atoms with van der Waals surface area (Å²) in [6.07, 6.45) is 4.23. The molecule has 0 saturated carbocycles. The van der Waals surface area contributed by atoms with E-state index in [1.807, 2.05) is 44.1 Å². The molecule has 5 nitrogen and oxygen atoms in total. The van der Waals surface area contributed by atoms with Crippen LogP contribution in [-0.4, -0.2) is 34.3 Å². The molecule has 6 heteroatoms. The number of carbonyl (C=O) groups excluding carboxylic acids is 1. The Bertz CT molecular complexity index is 1080. The third-order valence-corrected chi connectivity index (χ3v) is 6.56. The van der Waals surface area contributed by atoms with Crippen LogP contribution in [0.4, 0.5) is 0 Å². The molecule has 0 saturated heterocycles. The van der Waals surface area contributed by atoms with Gasteiger partial charge in [0, 0.05) is 10.4 Å². The van der Waals surface area contributed by atoms with Gasteiger partial charge < -0.3 is 4.90 Å². The van der Waals surface area contributed by atoms with Gasteiger partial charge in [0.05, 0.1) is 18.0 Å². The minimum atomic E-state index is -0.596. The summed E-state index contributed by atoms with van der Waals surface area (Å²) in [5.41, 5.74) is 1.71. The molecule has 0 N–H and O–H groups in total. The molecule has 1 atom stereocenters. The molecule has 2 heterocycles. The molecule has 0 radical (unpaired) electrons. The number of fused-ring (bicyclic) bond motifs is 3. The maximum atomic E-state index is 13.6. The molecule has 1 unspecified atom stereocenters. The van der Waals surface area contributed by atoms with Gasteiger partial charge in [-0.1, -0.05) is 30.3 Å². The first-order valence-corrected chi connectivity index (χ1v) is 10.6. The lowest BCUT2D eigenvalue weighted by Crippen LogP contribution is -2.34. The average molecular weight is 396 g/mol. The number of aryl methyl sites for hydroxylation is 2. The van der Waals surface area contributed by atoms with E-state index in [0.717, 1.165) is 35.0 Å². The first kappa shape index (κ1) is 19.0. The molecule has 28 heavy (non-hydrogen) atoms. The van der Waals surface area contributed by atoms with Crippen LogP contribution in [0, 0.1) is 0 Å². The van der Waals surface area contributed by atoms with E-state index < -0.39 is 6.04 Å². The number of aromatic nitrogens is 2. The molecule has 1 aromatic carbocycles. The Labute approximate surface area is 168 Å². The van der Waals surface area contributed by atoms with Crippen molar-refractivity contribution in [1.29, 1.82) is 0 Å². The van der Waals surface area contributed by atoms with Gasteiger partial charge in [0.15, 0.2) is 5.78 Å². The van der Waals surface area contributed by atoms with Crippen LogP contribution >= 0.6 is 11.3 Å². The van der Waals surface area contributed by atoms with Crippen molar-refractivity contribution in [2.45, 2.75) is 45.2 Å². The zero-order chi connectivity index (χ0) is 19.8. The Balaban J connectivity index is 1.91. The Kier molecular flexibility index (Phi) is 5.17. The van der Waals surface area contributed by atoms with Crippen molar-refractivity contribution in [3.05, 3.63) is 62.5 Å². The van der Waals surface area contributed by atoms with Gasteiger partial charge in [-0.2, -0.15) is 0 Å². The van der Waals surface area contributed by atoms with E-state index in [0.29, 0.717) is 17.9 Å². The van der Waals surface area contributed by atoms with Gasteiger partial charge in [-0.3, -0.25) is 14.2 Å². The van der Waals surface area contributed by atoms with Crippen LogP contribution < -0.4 is 5.56 Å². The molecule has 1 aliphatic carbocycles. The summed E-state index contributed by atoms with van der Waals surface area (Å²) in [5, 5.41) is 0.731. The molecule has 4 rings (SSSR count). The monoisotopic (exact) mass is 395 g/mol. The highest BCUT2D eigenvalue weighted by molar-refractivity contribution is 7.18. The van der Waals surface area contributed by atoms with Gasteiger partial charge in [0.1, 0.15) is 10.7 Å². The largest absolute Gasteiger partial charge is 0.302 e. The Morgan fingerprint density at radius 3 is 2.64 bits per heavy atom. The van der Waals surface area contributed by atoms with Crippen LogP contribution in [0.2, 0.25) is 0 Å². The summed E-state index contributed by atoms with van der Waals surface area (Å²) in [4.78, 5) is 35.7. The van der Waals surface area contributed by atoms with Crippen LogP contribution in [0.5, 0.6) is 0 Å². The molecule has 0 fully saturated rings. The normalized spacial score (nSPS) is 15.0. The first-order valence-electron chi connectivity index (χ1n) is 9.77. The van der Waals surface area contributed by atoms with Crippen LogP contribution in [0.3, 0.4) is 0 Å². The number of benzene rings is 1. The van der Waals surface area contributed by atoms with Crippen molar-refractivity contribution in [1.82, 2.24) is 14.5 Å². The molecule has 1 aliphatic rings. The molecule has 0 aliphatic heterocycles. The number of ketones is 1. The smallest absolute Gasteiger partial charge is 0.263 e. The highest BCUT2D eigenvalue weighted by Crippen LogP contribution is 2.34. The third kappa shape index (κ3) is 3.31. The zero-order valence-corrected chi connectivity index (χ0v) is 17.4. The highest BCUT2D eigenvalue weighted by atomic mass is 32.1. The number of carbonyl (C=O) groups is 1. The lowest BCUT2D eigenvalue weighted by molar-refractivity contribution is 0.0929. The van der Waals surface area contributed by atoms with Crippen molar-refractivity contribution in [3.63, 3.8) is 0 Å². The lowest BCUT2D eigenvalue weighted by atomic mass is 9.97. The van der Waals surface area contributed by atoms with Crippen molar-refractivity contribution < 1.29 is 4.79 Å². The minimum Gasteiger partial charge on any atom is -0.302 e. The summed E-state index contributed by atoms with van der Waals surface area (Å²) in [6.45, 7) is 2.32. The fourth-order valence-corrected chi connectivity index (χ4v) is 5.28. The van der Waals surface area contributed by atoms with E-state index in [1.54, 1.807) is 28.0 Å². The van der Waals surface area contributed by atoms with Crippen LogP contribution in [0.1, 0.15) is 52.4 Å². The lowest BCUT2D eigenvalue weighted by Gasteiger charge is -2.21. The second kappa shape index (κ2) is 7.60. The fraction of sp³-hybridized carbons (Fsp3) is 0.409. The number of hydrogen-bond acceptors (Lipinski definition) is 5. The fourth-order valence-electron chi connectivity index (χ4n) is 4.01. The summed E-state index contributed by atoms with van der Waals surface area (Å²) in [7, 11) is 3.90. The Morgan fingerprint density at radius 1 is 1.21 bits per heavy atom. The maximum absolute atomic E-state index is 13.6. The second-order valence-electron chi connectivity index (χ2n) is 7.74. The molecule has 0 amide bonds. The van der Waals surface area contributed by atoms with Crippen LogP contribution in [-0.2, 0) is 19.4 Å². The first-order chi connectivity index (χ1) is 13.5. The summed E-state index contributed by atoms with van der Waals surface area (Å²) >= 11 is 1.65. The van der Waals surface area contributed by atoms with E-state index in [1.165, 1.54) is 11.3 Å². The summed E-state index contributed by atoms with van der Waals surface area (Å²) < 4.78 is 1.62.